The molecule has 0 aromatic heterocycles. The van der Waals surface area contributed by atoms with Crippen LogP contribution in [0.2, 0.25) is 0 Å². The van der Waals surface area contributed by atoms with Crippen LogP contribution >= 0.6 is 11.8 Å². The number of nitriles is 1. The van der Waals surface area contributed by atoms with E-state index in [2.05, 4.69) is 0 Å². The van der Waals surface area contributed by atoms with Crippen LogP contribution in [0.25, 0.3) is 0 Å². The van der Waals surface area contributed by atoms with Crippen molar-refractivity contribution in [2.45, 2.75) is 43.3 Å². The predicted octanol–water partition coefficient (Wildman–Crippen LogP) is 4.13. The molecule has 0 saturated carbocycles. The van der Waals surface area contributed by atoms with Crippen molar-refractivity contribution >= 4 is 29.0 Å². The van der Waals surface area contributed by atoms with E-state index in [0.29, 0.717) is 5.69 Å². The van der Waals surface area contributed by atoms with Crippen LogP contribution in [0.4, 0.5) is 28.9 Å². The second-order valence-corrected chi connectivity index (χ2v) is 9.77. The Hall–Kier alpha value is -3.01. The van der Waals surface area contributed by atoms with E-state index >= 15 is 4.39 Å². The van der Waals surface area contributed by atoms with Gasteiger partial charge in [-0.05, 0) is 50.4 Å². The topological polar surface area (TPSA) is 86.0 Å². The van der Waals surface area contributed by atoms with Crippen molar-refractivity contribution in [3.63, 3.8) is 0 Å². The third kappa shape index (κ3) is 4.47. The molecular weight excluding hydrogens is 502 g/mol. The number of amides is 1. The minimum absolute atomic E-state index is 0.0307. The molecule has 0 radical (unpaired) electrons. The second-order valence-electron chi connectivity index (χ2n) is 8.88. The Morgan fingerprint density at radius 1 is 1.19 bits per heavy atom. The first-order chi connectivity index (χ1) is 16.9. The first-order valence-corrected chi connectivity index (χ1v) is 12.2. The fourth-order valence-corrected chi connectivity index (χ4v) is 5.37. The molecule has 2 aliphatic rings. The molecule has 7 nitrogen and oxygen atoms in total. The molecular formula is C24H23F4N3O4S. The molecule has 0 spiro atoms. The number of nitrogens with zero attached hydrogens (tertiary/aromatic N) is 3. The van der Waals surface area contributed by atoms with Gasteiger partial charge in [-0.25, -0.2) is 4.39 Å². The number of benzene rings is 2. The molecule has 2 fully saturated rings. The average molecular weight is 526 g/mol. The second kappa shape index (κ2) is 9.46. The van der Waals surface area contributed by atoms with Gasteiger partial charge in [0.25, 0.3) is 5.91 Å². The van der Waals surface area contributed by atoms with E-state index in [1.807, 2.05) is 0 Å². The van der Waals surface area contributed by atoms with Crippen LogP contribution in [0.5, 0.6) is 5.75 Å². The number of hydrogen-bond donors (Lipinski definition) is 1. The zero-order chi connectivity index (χ0) is 26.4. The van der Waals surface area contributed by atoms with Gasteiger partial charge in [-0.1, -0.05) is 0 Å². The number of thioether (sulfide) groups is 1. The van der Waals surface area contributed by atoms with Crippen LogP contribution in [0.15, 0.2) is 36.4 Å². The van der Waals surface area contributed by atoms with Crippen molar-refractivity contribution in [1.82, 2.24) is 0 Å². The Labute approximate surface area is 209 Å². The maximum atomic E-state index is 15.0. The third-order valence-corrected chi connectivity index (χ3v) is 7.02. The Kier molecular flexibility index (Phi) is 6.85. The first kappa shape index (κ1) is 26.1. The number of aliphatic hydroxyl groups excluding tert-OH is 1. The molecule has 12 heteroatoms. The number of aliphatic hydroxyl groups is 1. The molecule has 36 heavy (non-hydrogen) atoms. The van der Waals surface area contributed by atoms with Gasteiger partial charge in [0.05, 0.1) is 30.4 Å². The quantitative estimate of drug-likeness (QED) is 0.588. The summed E-state index contributed by atoms with van der Waals surface area (Å²) in [5.74, 6) is -1.33. The van der Waals surface area contributed by atoms with Gasteiger partial charge in [0.2, 0.25) is 0 Å². The number of hydrogen-bond acceptors (Lipinski definition) is 7. The summed E-state index contributed by atoms with van der Waals surface area (Å²) in [6.07, 6.45) is -4.71. The molecule has 4 rings (SSSR count). The van der Waals surface area contributed by atoms with Gasteiger partial charge >= 0.3 is 6.18 Å². The van der Waals surface area contributed by atoms with Gasteiger partial charge in [-0.15, -0.1) is 11.8 Å². The molecule has 2 heterocycles. The summed E-state index contributed by atoms with van der Waals surface area (Å²) in [6, 6.07) is 8.74. The summed E-state index contributed by atoms with van der Waals surface area (Å²) in [7, 11) is 0. The van der Waals surface area contributed by atoms with Crippen LogP contribution in [-0.2, 0) is 15.7 Å². The lowest BCUT2D eigenvalue weighted by atomic mass is 10.0. The summed E-state index contributed by atoms with van der Waals surface area (Å²) >= 11 is 1.19. The fraction of sp³-hybridized carbons (Fsp3) is 0.417. The normalized spacial score (nSPS) is 23.8. The minimum atomic E-state index is -4.79. The van der Waals surface area contributed by atoms with Crippen LogP contribution in [-0.4, -0.2) is 53.7 Å². The number of ether oxygens (including phenoxy) is 2. The highest BCUT2D eigenvalue weighted by Gasteiger charge is 2.53. The third-order valence-electron chi connectivity index (χ3n) is 6.18. The van der Waals surface area contributed by atoms with Gasteiger partial charge in [-0.3, -0.25) is 9.69 Å². The first-order valence-electron chi connectivity index (χ1n) is 10.9. The van der Waals surface area contributed by atoms with E-state index in [1.54, 1.807) is 31.1 Å². The molecule has 192 valence electrons. The van der Waals surface area contributed by atoms with E-state index in [9.17, 15) is 23.1 Å². The molecule has 0 bridgehead atoms. The summed E-state index contributed by atoms with van der Waals surface area (Å²) in [5.41, 5.74) is -3.46. The monoisotopic (exact) mass is 525 g/mol. The van der Waals surface area contributed by atoms with Gasteiger partial charge in [0.1, 0.15) is 11.6 Å². The average Bonchev–Trinajstić information content (AvgIpc) is 3.31. The van der Waals surface area contributed by atoms with E-state index in [1.165, 1.54) is 40.9 Å². The number of carbonyl (C=O) groups is 1. The number of alkyl halides is 3. The highest BCUT2D eigenvalue weighted by Crippen LogP contribution is 2.44. The van der Waals surface area contributed by atoms with Crippen molar-refractivity contribution in [2.75, 3.05) is 29.3 Å². The van der Waals surface area contributed by atoms with Gasteiger partial charge in [0, 0.05) is 17.4 Å². The predicted molar refractivity (Wildman–Crippen MR) is 125 cm³/mol. The van der Waals surface area contributed by atoms with Crippen LogP contribution in [0.1, 0.15) is 25.0 Å². The van der Waals surface area contributed by atoms with Gasteiger partial charge in [-0.2, -0.15) is 18.4 Å². The number of anilines is 2. The Balaban J connectivity index is 1.71. The summed E-state index contributed by atoms with van der Waals surface area (Å²) in [6.45, 7) is 3.40. The minimum Gasteiger partial charge on any atom is -0.482 e. The van der Waals surface area contributed by atoms with E-state index in [-0.39, 0.29) is 24.7 Å². The molecule has 0 aliphatic carbocycles. The van der Waals surface area contributed by atoms with Crippen molar-refractivity contribution in [2.24, 2.45) is 0 Å². The smallest absolute Gasteiger partial charge is 0.417 e. The van der Waals surface area contributed by atoms with Gasteiger partial charge in [0.15, 0.2) is 23.2 Å². The SMILES string of the molecule is CSC1N(c2ccc(C#N)c(C(F)(F)F)c2)C(=O)C(C)(C)N1c1ccc(OC2COC[C@H]2O)c(F)c1. The highest BCUT2D eigenvalue weighted by atomic mass is 32.2. The Bertz CT molecular complexity index is 1220. The summed E-state index contributed by atoms with van der Waals surface area (Å²) in [4.78, 5) is 16.3. The number of halogens is 4. The molecule has 2 saturated heterocycles. The number of carbonyl (C=O) groups excluding carboxylic acids is 1. The zero-order valence-corrected chi connectivity index (χ0v) is 20.4. The van der Waals surface area contributed by atoms with E-state index in [4.69, 9.17) is 14.7 Å². The lowest BCUT2D eigenvalue weighted by Gasteiger charge is -2.35. The van der Waals surface area contributed by atoms with Gasteiger partial charge < -0.3 is 19.5 Å². The highest BCUT2D eigenvalue weighted by molar-refractivity contribution is 7.99. The van der Waals surface area contributed by atoms with Crippen LogP contribution < -0.4 is 14.5 Å². The molecule has 2 aromatic rings. The molecule has 1 N–H and O–H groups in total. The number of rotatable bonds is 5. The lowest BCUT2D eigenvalue weighted by Crippen LogP contribution is -2.45. The van der Waals surface area contributed by atoms with E-state index < -0.39 is 52.3 Å². The maximum absolute atomic E-state index is 15.0. The molecule has 2 aromatic carbocycles. The molecule has 3 atom stereocenters. The summed E-state index contributed by atoms with van der Waals surface area (Å²) < 4.78 is 66.4. The summed E-state index contributed by atoms with van der Waals surface area (Å²) in [5, 5.41) is 19.0. The molecule has 1 amide bonds. The molecule has 2 aliphatic heterocycles. The molecule has 2 unspecified atom stereocenters. The maximum Gasteiger partial charge on any atom is 0.417 e. The zero-order valence-electron chi connectivity index (χ0n) is 19.5. The van der Waals surface area contributed by atoms with Crippen molar-refractivity contribution < 1.29 is 36.9 Å². The lowest BCUT2D eigenvalue weighted by molar-refractivity contribution is -0.137. The van der Waals surface area contributed by atoms with Crippen molar-refractivity contribution in [3.8, 4) is 11.8 Å². The van der Waals surface area contributed by atoms with Crippen molar-refractivity contribution in [1.29, 1.82) is 5.26 Å². The standard InChI is InChI=1S/C24H23F4N3O4S/c1-23(2)21(33)30(14-5-4-13(10-29)16(8-14)24(26,27)28)22(36-3)31(23)15-6-7-19(17(25)9-15)35-20-12-34-11-18(20)32/h4-9,18,20,22,32H,11-12H2,1-3H3/t18-,20?,22?/m1/s1. The van der Waals surface area contributed by atoms with E-state index in [0.717, 1.165) is 12.1 Å². The van der Waals surface area contributed by atoms with Crippen LogP contribution in [0, 0.1) is 17.1 Å². The van der Waals surface area contributed by atoms with Crippen LogP contribution in [0.3, 0.4) is 0 Å². The Morgan fingerprint density at radius 3 is 2.44 bits per heavy atom. The largest absolute Gasteiger partial charge is 0.482 e. The Morgan fingerprint density at radius 2 is 1.89 bits per heavy atom. The van der Waals surface area contributed by atoms with Crippen molar-refractivity contribution in [3.05, 3.63) is 53.3 Å². The fourth-order valence-electron chi connectivity index (χ4n) is 4.34.